The summed E-state index contributed by atoms with van der Waals surface area (Å²) >= 11 is 0. The van der Waals surface area contributed by atoms with Crippen molar-refractivity contribution in [3.8, 4) is 0 Å². The summed E-state index contributed by atoms with van der Waals surface area (Å²) in [6.45, 7) is 8.20. The van der Waals surface area contributed by atoms with E-state index in [1.165, 1.54) is 5.56 Å². The minimum atomic E-state index is -0.553. The topological polar surface area (TPSA) is 84.6 Å². The molecule has 4 rings (SSSR count). The molecular formula is C20H23N5O3. The van der Waals surface area contributed by atoms with E-state index in [4.69, 9.17) is 9.26 Å². The third kappa shape index (κ3) is 3.68. The molecule has 0 spiro atoms. The lowest BCUT2D eigenvalue weighted by atomic mass is 10.2. The Hall–Kier alpha value is -3.00. The second kappa shape index (κ2) is 7.93. The molecule has 0 unspecified atom stereocenters. The lowest BCUT2D eigenvalue weighted by Gasteiger charge is -2.35. The van der Waals surface area contributed by atoms with Gasteiger partial charge in [0.2, 0.25) is 5.82 Å². The third-order valence-electron chi connectivity index (χ3n) is 4.87. The molecule has 3 heterocycles. The molecule has 1 aliphatic rings. The number of piperazine rings is 1. The minimum Gasteiger partial charge on any atom is -0.460 e. The second-order valence-corrected chi connectivity index (χ2v) is 6.79. The molecule has 8 heteroatoms. The fourth-order valence-corrected chi connectivity index (χ4v) is 3.44. The number of aryl methyl sites for hydroxylation is 1. The summed E-state index contributed by atoms with van der Waals surface area (Å²) in [7, 11) is 0. The smallest absolute Gasteiger partial charge is 0.376 e. The van der Waals surface area contributed by atoms with Crippen molar-refractivity contribution < 1.29 is 14.1 Å². The highest BCUT2D eigenvalue weighted by molar-refractivity contribution is 5.93. The monoisotopic (exact) mass is 381 g/mol. The van der Waals surface area contributed by atoms with Crippen molar-refractivity contribution in [2.24, 2.45) is 0 Å². The Balaban J connectivity index is 1.55. The number of rotatable bonds is 5. The fourth-order valence-electron chi connectivity index (χ4n) is 3.44. The quantitative estimate of drug-likeness (QED) is 0.623. The van der Waals surface area contributed by atoms with Gasteiger partial charge in [0.05, 0.1) is 12.3 Å². The highest BCUT2D eigenvalue weighted by Gasteiger charge is 2.25. The van der Waals surface area contributed by atoms with Gasteiger partial charge in [-0.05, 0) is 19.4 Å². The van der Waals surface area contributed by atoms with Crippen LogP contribution in [0.25, 0.3) is 11.1 Å². The maximum absolute atomic E-state index is 12.1. The molecule has 3 aromatic rings. The number of ether oxygens (including phenoxy) is 1. The van der Waals surface area contributed by atoms with Gasteiger partial charge in [0.1, 0.15) is 11.2 Å². The van der Waals surface area contributed by atoms with Gasteiger partial charge in [0, 0.05) is 32.7 Å². The number of hydrogen-bond acceptors (Lipinski definition) is 8. The Morgan fingerprint density at radius 1 is 1.14 bits per heavy atom. The fraction of sp³-hybridized carbons (Fsp3) is 0.400. The van der Waals surface area contributed by atoms with E-state index in [0.717, 1.165) is 38.1 Å². The van der Waals surface area contributed by atoms with Crippen molar-refractivity contribution in [2.75, 3.05) is 37.7 Å². The Morgan fingerprint density at radius 2 is 1.89 bits per heavy atom. The maximum atomic E-state index is 12.1. The number of fused-ring (bicyclic) bond motifs is 1. The van der Waals surface area contributed by atoms with Crippen LogP contribution >= 0.6 is 0 Å². The molecule has 0 N–H and O–H groups in total. The minimum absolute atomic E-state index is 0.00668. The normalized spacial score (nSPS) is 15.1. The van der Waals surface area contributed by atoms with Crippen LogP contribution in [-0.2, 0) is 11.3 Å². The highest BCUT2D eigenvalue weighted by atomic mass is 16.5. The molecule has 0 bridgehead atoms. The van der Waals surface area contributed by atoms with Crippen molar-refractivity contribution >= 4 is 22.9 Å². The zero-order valence-electron chi connectivity index (χ0n) is 16.1. The van der Waals surface area contributed by atoms with E-state index >= 15 is 0 Å². The van der Waals surface area contributed by atoms with Crippen LogP contribution in [0.2, 0.25) is 0 Å². The third-order valence-corrected chi connectivity index (χ3v) is 4.87. The average Bonchev–Trinajstić information content (AvgIpc) is 3.10. The van der Waals surface area contributed by atoms with E-state index in [9.17, 15) is 4.79 Å². The predicted octanol–water partition coefficient (Wildman–Crippen LogP) is 2.43. The van der Waals surface area contributed by atoms with Crippen LogP contribution in [0.4, 0.5) is 5.82 Å². The first kappa shape index (κ1) is 18.4. The molecule has 8 nitrogen and oxygen atoms in total. The van der Waals surface area contributed by atoms with Crippen LogP contribution in [0.3, 0.4) is 0 Å². The van der Waals surface area contributed by atoms with Crippen molar-refractivity contribution in [2.45, 2.75) is 20.4 Å². The van der Waals surface area contributed by atoms with Gasteiger partial charge in [-0.15, -0.1) is 0 Å². The SMILES string of the molecule is CCOC(=O)c1nc(N2CCN(Cc3ccccc3)CC2)c2c(C)noc2n1. The van der Waals surface area contributed by atoms with Crippen molar-refractivity contribution in [3.05, 3.63) is 47.4 Å². The van der Waals surface area contributed by atoms with Crippen molar-refractivity contribution in [1.29, 1.82) is 0 Å². The van der Waals surface area contributed by atoms with Crippen LogP contribution in [0.5, 0.6) is 0 Å². The largest absolute Gasteiger partial charge is 0.460 e. The molecule has 0 atom stereocenters. The zero-order valence-corrected chi connectivity index (χ0v) is 16.1. The molecular weight excluding hydrogens is 358 g/mol. The molecule has 0 aliphatic carbocycles. The van der Waals surface area contributed by atoms with Crippen LogP contribution < -0.4 is 4.90 Å². The first-order valence-corrected chi connectivity index (χ1v) is 9.48. The molecule has 2 aromatic heterocycles. The number of carbonyl (C=O) groups excluding carboxylic acids is 1. The number of nitrogens with zero attached hydrogens (tertiary/aromatic N) is 5. The van der Waals surface area contributed by atoms with Gasteiger partial charge in [0.15, 0.2) is 0 Å². The van der Waals surface area contributed by atoms with Gasteiger partial charge in [-0.1, -0.05) is 35.5 Å². The molecule has 1 aliphatic heterocycles. The lowest BCUT2D eigenvalue weighted by molar-refractivity contribution is 0.0512. The maximum Gasteiger partial charge on any atom is 0.376 e. The van der Waals surface area contributed by atoms with Gasteiger partial charge >= 0.3 is 5.97 Å². The number of hydrogen-bond donors (Lipinski definition) is 0. The number of esters is 1. The number of benzene rings is 1. The first-order chi connectivity index (χ1) is 13.7. The average molecular weight is 381 g/mol. The lowest BCUT2D eigenvalue weighted by Crippen LogP contribution is -2.46. The number of anilines is 1. The summed E-state index contributed by atoms with van der Waals surface area (Å²) in [5, 5.41) is 4.76. The molecule has 0 amide bonds. The summed E-state index contributed by atoms with van der Waals surface area (Å²) in [5.74, 6) is 0.140. The summed E-state index contributed by atoms with van der Waals surface area (Å²) in [4.78, 5) is 25.4. The highest BCUT2D eigenvalue weighted by Crippen LogP contribution is 2.28. The number of carbonyl (C=O) groups is 1. The molecule has 0 radical (unpaired) electrons. The molecule has 146 valence electrons. The zero-order chi connectivity index (χ0) is 19.5. The van der Waals surface area contributed by atoms with E-state index in [1.807, 2.05) is 13.0 Å². The van der Waals surface area contributed by atoms with Crippen LogP contribution in [-0.4, -0.2) is 58.8 Å². The van der Waals surface area contributed by atoms with Gasteiger partial charge in [-0.2, -0.15) is 4.98 Å². The van der Waals surface area contributed by atoms with E-state index in [-0.39, 0.29) is 12.4 Å². The standard InChI is InChI=1S/C20H23N5O3/c1-3-27-20(26)17-21-18(16-14(2)23-28-19(16)22-17)25-11-9-24(10-12-25)13-15-7-5-4-6-8-15/h4-8H,3,9-13H2,1-2H3. The molecule has 0 saturated carbocycles. The summed E-state index contributed by atoms with van der Waals surface area (Å²) in [6, 6.07) is 10.5. The van der Waals surface area contributed by atoms with E-state index in [0.29, 0.717) is 17.2 Å². The number of aromatic nitrogens is 3. The summed E-state index contributed by atoms with van der Waals surface area (Å²) in [6.07, 6.45) is 0. The predicted molar refractivity (Wildman–Crippen MR) is 104 cm³/mol. The molecule has 1 fully saturated rings. The van der Waals surface area contributed by atoms with E-state index < -0.39 is 5.97 Å². The van der Waals surface area contributed by atoms with Crippen LogP contribution in [0.15, 0.2) is 34.9 Å². The van der Waals surface area contributed by atoms with Crippen molar-refractivity contribution in [1.82, 2.24) is 20.0 Å². The van der Waals surface area contributed by atoms with Gasteiger partial charge in [-0.3, -0.25) is 4.90 Å². The Morgan fingerprint density at radius 3 is 2.61 bits per heavy atom. The van der Waals surface area contributed by atoms with Crippen LogP contribution in [0, 0.1) is 6.92 Å². The molecule has 1 saturated heterocycles. The summed E-state index contributed by atoms with van der Waals surface area (Å²) < 4.78 is 10.4. The Labute approximate surface area is 163 Å². The van der Waals surface area contributed by atoms with Gasteiger partial charge < -0.3 is 14.2 Å². The van der Waals surface area contributed by atoms with E-state index in [2.05, 4.69) is 49.2 Å². The van der Waals surface area contributed by atoms with E-state index in [1.54, 1.807) is 6.92 Å². The molecule has 1 aromatic carbocycles. The Bertz CT molecular complexity index is 965. The summed E-state index contributed by atoms with van der Waals surface area (Å²) in [5.41, 5.74) is 2.34. The first-order valence-electron chi connectivity index (χ1n) is 9.48. The van der Waals surface area contributed by atoms with Gasteiger partial charge in [-0.25, -0.2) is 9.78 Å². The second-order valence-electron chi connectivity index (χ2n) is 6.79. The van der Waals surface area contributed by atoms with Crippen LogP contribution in [0.1, 0.15) is 28.8 Å². The molecule has 28 heavy (non-hydrogen) atoms. The van der Waals surface area contributed by atoms with Crippen molar-refractivity contribution in [3.63, 3.8) is 0 Å². The van der Waals surface area contributed by atoms with Gasteiger partial charge in [0.25, 0.3) is 5.71 Å². The Kier molecular flexibility index (Phi) is 5.21.